The van der Waals surface area contributed by atoms with Crippen LogP contribution in [0.25, 0.3) is 0 Å². The predicted molar refractivity (Wildman–Crippen MR) is 73.1 cm³/mol. The summed E-state index contributed by atoms with van der Waals surface area (Å²) in [5, 5.41) is 29.6. The Hall–Kier alpha value is -1.52. The molecule has 0 aromatic carbocycles. The Morgan fingerprint density at radius 2 is 2.24 bits per heavy atom. The molecular weight excluding hydrogens is 280 g/mol. The molecule has 1 fully saturated rings. The second-order valence-electron chi connectivity index (χ2n) is 5.05. The summed E-state index contributed by atoms with van der Waals surface area (Å²) in [5.74, 6) is 0.0169. The Labute approximate surface area is 120 Å². The fourth-order valence-corrected chi connectivity index (χ4v) is 2.63. The van der Waals surface area contributed by atoms with Gasteiger partial charge in [-0.3, -0.25) is 4.57 Å². The van der Waals surface area contributed by atoms with Crippen molar-refractivity contribution in [2.24, 2.45) is 5.73 Å². The zero-order chi connectivity index (χ0) is 15.8. The average Bonchev–Trinajstić information content (AvgIpc) is 2.72. The first-order chi connectivity index (χ1) is 9.88. The molecule has 0 saturated carbocycles. The van der Waals surface area contributed by atoms with Crippen LogP contribution < -0.4 is 17.2 Å². The summed E-state index contributed by atoms with van der Waals surface area (Å²) in [6.07, 6.45) is -2.26. The van der Waals surface area contributed by atoms with E-state index in [9.17, 15) is 20.1 Å². The van der Waals surface area contributed by atoms with Crippen LogP contribution in [0.1, 0.15) is 13.3 Å². The molecule has 9 nitrogen and oxygen atoms in total. The van der Waals surface area contributed by atoms with Crippen LogP contribution in [-0.4, -0.2) is 55.8 Å². The van der Waals surface area contributed by atoms with Gasteiger partial charge < -0.3 is 31.5 Å². The van der Waals surface area contributed by atoms with Gasteiger partial charge in [-0.15, -0.1) is 0 Å². The zero-order valence-electron chi connectivity index (χ0n) is 11.6. The smallest absolute Gasteiger partial charge is 0.351 e. The molecule has 1 aliphatic rings. The molecule has 0 bridgehead atoms. The molecule has 2 rings (SSSR count). The van der Waals surface area contributed by atoms with Gasteiger partial charge in [-0.25, -0.2) is 4.79 Å². The molecule has 0 spiro atoms. The van der Waals surface area contributed by atoms with Gasteiger partial charge in [0.25, 0.3) is 0 Å². The fraction of sp³-hybridized carbons (Fsp3) is 0.667. The Morgan fingerprint density at radius 1 is 1.57 bits per heavy atom. The third-order valence-electron chi connectivity index (χ3n) is 3.82. The Kier molecular flexibility index (Phi) is 4.30. The Bertz CT molecular complexity index is 565. The number of rotatable bonds is 4. The highest BCUT2D eigenvalue weighted by Gasteiger charge is 2.58. The van der Waals surface area contributed by atoms with Crippen LogP contribution in [0.15, 0.2) is 17.1 Å². The van der Waals surface area contributed by atoms with E-state index in [0.29, 0.717) is 6.42 Å². The van der Waals surface area contributed by atoms with Gasteiger partial charge in [0.05, 0.1) is 12.6 Å². The number of hydrogen-bond donors (Lipinski definition) is 5. The minimum Gasteiger partial charge on any atom is -0.394 e. The summed E-state index contributed by atoms with van der Waals surface area (Å²) < 4.78 is 6.60. The van der Waals surface area contributed by atoms with Crippen LogP contribution >= 0.6 is 0 Å². The van der Waals surface area contributed by atoms with E-state index in [4.69, 9.17) is 16.2 Å². The van der Waals surface area contributed by atoms with Gasteiger partial charge in [-0.2, -0.15) is 4.98 Å². The monoisotopic (exact) mass is 300 g/mol. The first-order valence-corrected chi connectivity index (χ1v) is 6.64. The average molecular weight is 300 g/mol. The van der Waals surface area contributed by atoms with Crippen molar-refractivity contribution < 1.29 is 20.1 Å². The van der Waals surface area contributed by atoms with Crippen LogP contribution in [0.2, 0.25) is 0 Å². The molecule has 0 aliphatic carbocycles. The molecule has 1 aromatic heterocycles. The number of aliphatic hydroxyl groups is 3. The third-order valence-corrected chi connectivity index (χ3v) is 3.82. The molecule has 21 heavy (non-hydrogen) atoms. The summed E-state index contributed by atoms with van der Waals surface area (Å²) in [5.41, 5.74) is 9.00. The lowest BCUT2D eigenvalue weighted by molar-refractivity contribution is -0.165. The summed E-state index contributed by atoms with van der Waals surface area (Å²) in [7, 11) is 0. The van der Waals surface area contributed by atoms with Crippen molar-refractivity contribution in [2.45, 2.75) is 43.4 Å². The summed E-state index contributed by atoms with van der Waals surface area (Å²) in [6.45, 7) is 1.23. The summed E-state index contributed by atoms with van der Waals surface area (Å²) in [4.78, 5) is 15.7. The van der Waals surface area contributed by atoms with E-state index in [0.717, 1.165) is 4.57 Å². The maximum Gasteiger partial charge on any atom is 0.351 e. The van der Waals surface area contributed by atoms with Crippen molar-refractivity contribution in [3.63, 3.8) is 0 Å². The number of nitrogen functional groups attached to an aromatic ring is 1. The van der Waals surface area contributed by atoms with Crippen molar-refractivity contribution >= 4 is 5.82 Å². The van der Waals surface area contributed by atoms with Gasteiger partial charge in [-0.05, 0) is 12.5 Å². The maximum atomic E-state index is 12.1. The van der Waals surface area contributed by atoms with Crippen molar-refractivity contribution in [2.75, 3.05) is 12.3 Å². The lowest BCUT2D eigenvalue weighted by atomic mass is 9.93. The van der Waals surface area contributed by atoms with E-state index < -0.39 is 42.4 Å². The number of aliphatic hydroxyl groups excluding tert-OH is 3. The highest BCUT2D eigenvalue weighted by molar-refractivity contribution is 5.24. The number of nitrogens with zero attached hydrogens (tertiary/aromatic N) is 2. The van der Waals surface area contributed by atoms with E-state index in [1.165, 1.54) is 12.3 Å². The molecule has 1 aromatic rings. The van der Waals surface area contributed by atoms with Crippen molar-refractivity contribution in [1.82, 2.24) is 9.55 Å². The SMILES string of the molecule is CCC(N)[C@@]1(n2ccc(N)nc2=O)O[C@H](CO)[C@@H](O)[C@H]1O. The minimum atomic E-state index is -1.71. The van der Waals surface area contributed by atoms with Gasteiger partial charge in [0.15, 0.2) is 5.72 Å². The van der Waals surface area contributed by atoms with E-state index in [-0.39, 0.29) is 5.82 Å². The molecule has 5 atom stereocenters. The molecule has 1 saturated heterocycles. The molecule has 0 radical (unpaired) electrons. The van der Waals surface area contributed by atoms with Crippen LogP contribution in [0.3, 0.4) is 0 Å². The fourth-order valence-electron chi connectivity index (χ4n) is 2.63. The van der Waals surface area contributed by atoms with Crippen molar-refractivity contribution in [3.05, 3.63) is 22.7 Å². The van der Waals surface area contributed by atoms with Crippen LogP contribution in [-0.2, 0) is 10.5 Å². The maximum absolute atomic E-state index is 12.1. The largest absolute Gasteiger partial charge is 0.394 e. The van der Waals surface area contributed by atoms with E-state index in [1.54, 1.807) is 6.92 Å². The number of aromatic nitrogens is 2. The van der Waals surface area contributed by atoms with Crippen molar-refractivity contribution in [1.29, 1.82) is 0 Å². The number of ether oxygens (including phenoxy) is 1. The van der Waals surface area contributed by atoms with Crippen molar-refractivity contribution in [3.8, 4) is 0 Å². The number of hydrogen-bond acceptors (Lipinski definition) is 8. The Morgan fingerprint density at radius 3 is 2.71 bits per heavy atom. The van der Waals surface area contributed by atoms with E-state index in [1.807, 2.05) is 0 Å². The second-order valence-corrected chi connectivity index (χ2v) is 5.05. The highest BCUT2D eigenvalue weighted by atomic mass is 16.6. The van der Waals surface area contributed by atoms with Gasteiger partial charge in [0.2, 0.25) is 0 Å². The normalized spacial score (nSPS) is 34.0. The molecule has 0 amide bonds. The minimum absolute atomic E-state index is 0.0169. The third kappa shape index (κ3) is 2.32. The Balaban J connectivity index is 2.61. The first-order valence-electron chi connectivity index (χ1n) is 6.64. The standard InChI is InChI=1S/C12H20N4O5/c1-2-7(13)12(10(19)9(18)6(5-17)21-12)16-4-3-8(14)15-11(16)20/h3-4,6-7,9-10,17-19H,2,5,13H2,1H3,(H2,14,15,20)/t6-,7?,9-,10-,12-/m1/s1. The molecule has 9 heteroatoms. The topological polar surface area (TPSA) is 157 Å². The number of nitrogens with two attached hydrogens (primary N) is 2. The lowest BCUT2D eigenvalue weighted by Gasteiger charge is -2.38. The molecule has 1 unspecified atom stereocenters. The zero-order valence-corrected chi connectivity index (χ0v) is 11.6. The van der Waals surface area contributed by atoms with Gasteiger partial charge in [-0.1, -0.05) is 6.92 Å². The summed E-state index contributed by atoms with van der Waals surface area (Å²) in [6, 6.07) is 0.558. The van der Waals surface area contributed by atoms with E-state index in [2.05, 4.69) is 4.98 Å². The van der Waals surface area contributed by atoms with Gasteiger partial charge in [0, 0.05) is 6.20 Å². The summed E-state index contributed by atoms with van der Waals surface area (Å²) >= 11 is 0. The highest BCUT2D eigenvalue weighted by Crippen LogP contribution is 2.37. The van der Waals surface area contributed by atoms with Crippen LogP contribution in [0, 0.1) is 0 Å². The molecule has 2 heterocycles. The van der Waals surface area contributed by atoms with Gasteiger partial charge in [0.1, 0.15) is 24.1 Å². The van der Waals surface area contributed by atoms with Crippen LogP contribution in [0.4, 0.5) is 5.82 Å². The first kappa shape index (κ1) is 15.9. The van der Waals surface area contributed by atoms with E-state index >= 15 is 0 Å². The lowest BCUT2D eigenvalue weighted by Crippen LogP contribution is -2.60. The number of anilines is 1. The molecule has 7 N–H and O–H groups in total. The predicted octanol–water partition coefficient (Wildman–Crippen LogP) is -2.67. The molecular formula is C12H20N4O5. The second kappa shape index (κ2) is 5.70. The quantitative estimate of drug-likeness (QED) is 0.403. The molecule has 118 valence electrons. The molecule has 1 aliphatic heterocycles. The van der Waals surface area contributed by atoms with Gasteiger partial charge >= 0.3 is 5.69 Å². The van der Waals surface area contributed by atoms with Crippen LogP contribution in [0.5, 0.6) is 0 Å².